The SMILES string of the molecule is N#Cc1c(F)cccc1Nc1cc(C(F)(F)F)nc(NC2CCCC2)n1. The molecule has 2 N–H and O–H groups in total. The molecule has 0 radical (unpaired) electrons. The minimum atomic E-state index is -4.66. The number of aromatic nitrogens is 2. The van der Waals surface area contributed by atoms with Gasteiger partial charge in [-0.05, 0) is 25.0 Å². The molecular weight excluding hydrogens is 350 g/mol. The van der Waals surface area contributed by atoms with Crippen LogP contribution < -0.4 is 10.6 Å². The molecule has 1 aliphatic rings. The van der Waals surface area contributed by atoms with Crippen LogP contribution in [0, 0.1) is 17.1 Å². The molecule has 1 saturated carbocycles. The summed E-state index contributed by atoms with van der Waals surface area (Å²) in [5, 5.41) is 14.6. The first-order valence-corrected chi connectivity index (χ1v) is 8.05. The van der Waals surface area contributed by atoms with Crippen molar-refractivity contribution in [2.24, 2.45) is 0 Å². The maximum absolute atomic E-state index is 13.7. The van der Waals surface area contributed by atoms with Gasteiger partial charge in [-0.2, -0.15) is 23.4 Å². The van der Waals surface area contributed by atoms with Crippen molar-refractivity contribution in [2.75, 3.05) is 10.6 Å². The lowest BCUT2D eigenvalue weighted by Crippen LogP contribution is -2.19. The Morgan fingerprint density at radius 2 is 1.88 bits per heavy atom. The first-order chi connectivity index (χ1) is 12.4. The van der Waals surface area contributed by atoms with Gasteiger partial charge < -0.3 is 10.6 Å². The zero-order valence-corrected chi connectivity index (χ0v) is 13.6. The smallest absolute Gasteiger partial charge is 0.351 e. The molecule has 3 rings (SSSR count). The fourth-order valence-electron chi connectivity index (χ4n) is 2.85. The normalized spacial score (nSPS) is 14.9. The second-order valence-electron chi connectivity index (χ2n) is 5.98. The predicted octanol–water partition coefficient (Wildman–Crippen LogP) is 4.60. The van der Waals surface area contributed by atoms with E-state index in [2.05, 4.69) is 20.6 Å². The maximum Gasteiger partial charge on any atom is 0.433 e. The second-order valence-corrected chi connectivity index (χ2v) is 5.98. The molecule has 1 aromatic carbocycles. The van der Waals surface area contributed by atoms with Crippen LogP contribution in [0.25, 0.3) is 0 Å². The molecular formula is C17H15F4N5. The van der Waals surface area contributed by atoms with Gasteiger partial charge in [0, 0.05) is 12.1 Å². The lowest BCUT2D eigenvalue weighted by Gasteiger charge is -2.16. The molecule has 1 heterocycles. The van der Waals surface area contributed by atoms with Crippen molar-refractivity contribution < 1.29 is 17.6 Å². The summed E-state index contributed by atoms with van der Waals surface area (Å²) < 4.78 is 53.1. The molecule has 0 saturated heterocycles. The van der Waals surface area contributed by atoms with Gasteiger partial charge in [0.2, 0.25) is 5.95 Å². The van der Waals surface area contributed by atoms with E-state index in [-0.39, 0.29) is 29.1 Å². The topological polar surface area (TPSA) is 73.6 Å². The van der Waals surface area contributed by atoms with Gasteiger partial charge in [-0.3, -0.25) is 0 Å². The minimum Gasteiger partial charge on any atom is -0.351 e. The van der Waals surface area contributed by atoms with E-state index < -0.39 is 17.7 Å². The minimum absolute atomic E-state index is 0.0233. The number of nitrogens with zero attached hydrogens (tertiary/aromatic N) is 3. The number of alkyl halides is 3. The quantitative estimate of drug-likeness (QED) is 0.775. The number of rotatable bonds is 4. The van der Waals surface area contributed by atoms with Crippen LogP contribution >= 0.6 is 0 Å². The molecule has 0 unspecified atom stereocenters. The van der Waals surface area contributed by atoms with Gasteiger partial charge in [0.25, 0.3) is 0 Å². The van der Waals surface area contributed by atoms with Crippen molar-refractivity contribution >= 4 is 17.5 Å². The lowest BCUT2D eigenvalue weighted by atomic mass is 10.2. The van der Waals surface area contributed by atoms with E-state index in [1.807, 2.05) is 0 Å². The van der Waals surface area contributed by atoms with Crippen molar-refractivity contribution in [3.63, 3.8) is 0 Å². The molecule has 136 valence electrons. The summed E-state index contributed by atoms with van der Waals surface area (Å²) in [5.41, 5.74) is -1.39. The van der Waals surface area contributed by atoms with Crippen LogP contribution in [-0.4, -0.2) is 16.0 Å². The molecule has 9 heteroatoms. The number of nitriles is 1. The maximum atomic E-state index is 13.7. The predicted molar refractivity (Wildman–Crippen MR) is 87.3 cm³/mol. The van der Waals surface area contributed by atoms with Crippen molar-refractivity contribution in [1.82, 2.24) is 9.97 Å². The van der Waals surface area contributed by atoms with Gasteiger partial charge in [-0.1, -0.05) is 18.9 Å². The Balaban J connectivity index is 1.95. The average molecular weight is 365 g/mol. The van der Waals surface area contributed by atoms with Gasteiger partial charge in [0.1, 0.15) is 23.3 Å². The van der Waals surface area contributed by atoms with E-state index in [4.69, 9.17) is 5.26 Å². The van der Waals surface area contributed by atoms with Crippen LogP contribution in [-0.2, 0) is 6.18 Å². The number of hydrogen-bond acceptors (Lipinski definition) is 5. The number of hydrogen-bond donors (Lipinski definition) is 2. The average Bonchev–Trinajstić information content (AvgIpc) is 3.07. The third-order valence-corrected chi connectivity index (χ3v) is 4.09. The Hall–Kier alpha value is -2.89. The van der Waals surface area contributed by atoms with E-state index in [1.54, 1.807) is 6.07 Å². The first-order valence-electron chi connectivity index (χ1n) is 8.05. The van der Waals surface area contributed by atoms with Crippen LogP contribution in [0.15, 0.2) is 24.3 Å². The van der Waals surface area contributed by atoms with Crippen LogP contribution in [0.2, 0.25) is 0 Å². The molecule has 5 nitrogen and oxygen atoms in total. The Kier molecular flexibility index (Phi) is 4.93. The van der Waals surface area contributed by atoms with Gasteiger partial charge in [0.05, 0.1) is 5.69 Å². The summed E-state index contributed by atoms with van der Waals surface area (Å²) in [6, 6.07) is 6.27. The zero-order valence-electron chi connectivity index (χ0n) is 13.6. The second kappa shape index (κ2) is 7.15. The van der Waals surface area contributed by atoms with Gasteiger partial charge in [-0.25, -0.2) is 9.37 Å². The highest BCUT2D eigenvalue weighted by atomic mass is 19.4. The Labute approximate surface area is 147 Å². The van der Waals surface area contributed by atoms with Crippen molar-refractivity contribution in [2.45, 2.75) is 37.9 Å². The fourth-order valence-corrected chi connectivity index (χ4v) is 2.85. The molecule has 0 bridgehead atoms. The summed E-state index contributed by atoms with van der Waals surface area (Å²) in [7, 11) is 0. The van der Waals surface area contributed by atoms with Gasteiger partial charge in [0.15, 0.2) is 5.69 Å². The van der Waals surface area contributed by atoms with E-state index in [0.29, 0.717) is 0 Å². The van der Waals surface area contributed by atoms with Gasteiger partial charge >= 0.3 is 6.18 Å². The van der Waals surface area contributed by atoms with Crippen LogP contribution in [0.1, 0.15) is 36.9 Å². The summed E-state index contributed by atoms with van der Waals surface area (Å²) >= 11 is 0. The summed E-state index contributed by atoms with van der Waals surface area (Å²) in [6.45, 7) is 0. The summed E-state index contributed by atoms with van der Waals surface area (Å²) in [4.78, 5) is 7.59. The highest BCUT2D eigenvalue weighted by Crippen LogP contribution is 2.32. The van der Waals surface area contributed by atoms with E-state index in [0.717, 1.165) is 37.8 Å². The number of halogens is 4. The number of anilines is 3. The van der Waals surface area contributed by atoms with E-state index in [9.17, 15) is 17.6 Å². The van der Waals surface area contributed by atoms with E-state index in [1.165, 1.54) is 12.1 Å². The molecule has 2 aromatic rings. The molecule has 26 heavy (non-hydrogen) atoms. The third-order valence-electron chi connectivity index (χ3n) is 4.09. The molecule has 1 aromatic heterocycles. The molecule has 0 aliphatic heterocycles. The van der Waals surface area contributed by atoms with Gasteiger partial charge in [-0.15, -0.1) is 0 Å². The monoisotopic (exact) mass is 365 g/mol. The van der Waals surface area contributed by atoms with Crippen molar-refractivity contribution in [3.8, 4) is 6.07 Å². The Bertz CT molecular complexity index is 838. The number of nitrogens with one attached hydrogen (secondary N) is 2. The number of benzene rings is 1. The Morgan fingerprint density at radius 1 is 1.15 bits per heavy atom. The summed E-state index contributed by atoms with van der Waals surface area (Å²) in [5.74, 6) is -1.09. The molecule has 0 atom stereocenters. The zero-order chi connectivity index (χ0) is 18.7. The van der Waals surface area contributed by atoms with E-state index >= 15 is 0 Å². The largest absolute Gasteiger partial charge is 0.433 e. The van der Waals surface area contributed by atoms with Crippen LogP contribution in [0.4, 0.5) is 35.0 Å². The lowest BCUT2D eigenvalue weighted by molar-refractivity contribution is -0.141. The molecule has 1 fully saturated rings. The molecule has 1 aliphatic carbocycles. The molecule has 0 amide bonds. The van der Waals surface area contributed by atoms with Crippen molar-refractivity contribution in [3.05, 3.63) is 41.3 Å². The van der Waals surface area contributed by atoms with Crippen molar-refractivity contribution in [1.29, 1.82) is 5.26 Å². The summed E-state index contributed by atoms with van der Waals surface area (Å²) in [6.07, 6.45) is -0.992. The molecule has 0 spiro atoms. The highest BCUT2D eigenvalue weighted by molar-refractivity contribution is 5.65. The standard InChI is InChI=1S/C17H15F4N5/c18-12-6-3-7-13(11(12)9-22)24-15-8-14(17(19,20)21)25-16(26-15)23-10-4-1-2-5-10/h3,6-8,10H,1-2,4-5H2,(H2,23,24,25,26). The fraction of sp³-hybridized carbons (Fsp3) is 0.353. The third kappa shape index (κ3) is 4.02. The highest BCUT2D eigenvalue weighted by Gasteiger charge is 2.34. The van der Waals surface area contributed by atoms with Crippen LogP contribution in [0.5, 0.6) is 0 Å². The Morgan fingerprint density at radius 3 is 2.54 bits per heavy atom. The van der Waals surface area contributed by atoms with Crippen LogP contribution in [0.3, 0.4) is 0 Å². The first kappa shape index (κ1) is 17.9.